The van der Waals surface area contributed by atoms with Gasteiger partial charge in [-0.05, 0) is 5.56 Å². The third kappa shape index (κ3) is 5.37. The normalized spacial score (nSPS) is 15.4. The number of ether oxygens (including phenoxy) is 2. The maximum atomic E-state index is 12.0. The predicted octanol–water partition coefficient (Wildman–Crippen LogP) is 1.07. The summed E-state index contributed by atoms with van der Waals surface area (Å²) in [7, 11) is 0. The van der Waals surface area contributed by atoms with Gasteiger partial charge in [0.05, 0.1) is 6.61 Å². The molecular weight excluding hydrogens is 284 g/mol. The molecule has 0 aliphatic carbocycles. The highest BCUT2D eigenvalue weighted by atomic mass is 16.6. The van der Waals surface area contributed by atoms with Crippen molar-refractivity contribution in [2.75, 3.05) is 45.9 Å². The van der Waals surface area contributed by atoms with E-state index in [1.807, 2.05) is 30.3 Å². The Labute approximate surface area is 130 Å². The van der Waals surface area contributed by atoms with Gasteiger partial charge < -0.3 is 14.4 Å². The molecule has 6 heteroatoms. The van der Waals surface area contributed by atoms with Gasteiger partial charge in [-0.2, -0.15) is 0 Å². The lowest BCUT2D eigenvalue weighted by Crippen LogP contribution is -2.49. The molecule has 0 bridgehead atoms. The molecule has 1 saturated heterocycles. The van der Waals surface area contributed by atoms with Crippen molar-refractivity contribution >= 4 is 12.6 Å². The third-order valence-corrected chi connectivity index (χ3v) is 3.66. The first-order valence-corrected chi connectivity index (χ1v) is 7.46. The zero-order valence-corrected chi connectivity index (χ0v) is 12.6. The van der Waals surface area contributed by atoms with E-state index in [0.29, 0.717) is 32.8 Å². The number of carbonyl (C=O) groups is 1. The molecule has 0 aromatic heterocycles. The lowest BCUT2D eigenvalue weighted by atomic mass is 10.2. The highest BCUT2D eigenvalue weighted by molar-refractivity contribution is 5.67. The van der Waals surface area contributed by atoms with Crippen LogP contribution < -0.4 is 0 Å². The zero-order chi connectivity index (χ0) is 15.6. The van der Waals surface area contributed by atoms with Gasteiger partial charge in [0, 0.05) is 39.1 Å². The molecule has 1 aliphatic rings. The fourth-order valence-electron chi connectivity index (χ4n) is 2.36. The summed E-state index contributed by atoms with van der Waals surface area (Å²) in [6.07, 6.45) is 0.472. The van der Waals surface area contributed by atoms with Crippen molar-refractivity contribution in [2.45, 2.75) is 6.42 Å². The Balaban J connectivity index is 1.61. The standard InChI is InChI=1S/C16H21N2O4/c19-14-21-13-11-17-7-9-18(10-8-17)16(20)22-12-6-15-4-2-1-3-5-15/h1-5H,6-13H2. The van der Waals surface area contributed by atoms with Gasteiger partial charge in [-0.3, -0.25) is 4.90 Å². The van der Waals surface area contributed by atoms with Gasteiger partial charge >= 0.3 is 12.6 Å². The summed E-state index contributed by atoms with van der Waals surface area (Å²) in [6, 6.07) is 9.95. The number of rotatable bonds is 7. The van der Waals surface area contributed by atoms with E-state index in [1.165, 1.54) is 6.47 Å². The van der Waals surface area contributed by atoms with E-state index >= 15 is 0 Å². The lowest BCUT2D eigenvalue weighted by molar-refractivity contribution is 0.0726. The Bertz CT molecular complexity index is 458. The molecule has 0 atom stereocenters. The van der Waals surface area contributed by atoms with Gasteiger partial charge in [0.2, 0.25) is 0 Å². The number of benzene rings is 1. The molecule has 0 N–H and O–H groups in total. The first-order valence-electron chi connectivity index (χ1n) is 7.46. The number of nitrogens with zero attached hydrogens (tertiary/aromatic N) is 2. The first-order chi connectivity index (χ1) is 10.8. The maximum absolute atomic E-state index is 12.0. The average Bonchev–Trinajstić information content (AvgIpc) is 2.56. The van der Waals surface area contributed by atoms with Crippen LogP contribution in [0.2, 0.25) is 0 Å². The van der Waals surface area contributed by atoms with Crippen molar-refractivity contribution in [2.24, 2.45) is 0 Å². The summed E-state index contributed by atoms with van der Waals surface area (Å²) in [4.78, 5) is 25.8. The molecule has 119 valence electrons. The van der Waals surface area contributed by atoms with E-state index in [4.69, 9.17) is 4.74 Å². The molecule has 1 radical (unpaired) electrons. The Morgan fingerprint density at radius 2 is 1.82 bits per heavy atom. The smallest absolute Gasteiger partial charge is 0.417 e. The van der Waals surface area contributed by atoms with E-state index in [-0.39, 0.29) is 6.09 Å². The summed E-state index contributed by atoms with van der Waals surface area (Å²) in [5.41, 5.74) is 1.16. The summed E-state index contributed by atoms with van der Waals surface area (Å²) in [5.74, 6) is 0. The van der Waals surface area contributed by atoms with Gasteiger partial charge in [-0.15, -0.1) is 0 Å². The molecule has 1 aliphatic heterocycles. The Morgan fingerprint density at radius 3 is 2.50 bits per heavy atom. The monoisotopic (exact) mass is 305 g/mol. The topological polar surface area (TPSA) is 59.1 Å². The van der Waals surface area contributed by atoms with Crippen LogP contribution in [0.1, 0.15) is 5.56 Å². The quantitative estimate of drug-likeness (QED) is 0.705. The zero-order valence-electron chi connectivity index (χ0n) is 12.6. The average molecular weight is 305 g/mol. The fraction of sp³-hybridized carbons (Fsp3) is 0.500. The van der Waals surface area contributed by atoms with Gasteiger partial charge in [0.15, 0.2) is 0 Å². The van der Waals surface area contributed by atoms with Gasteiger partial charge in [0.1, 0.15) is 6.61 Å². The third-order valence-electron chi connectivity index (χ3n) is 3.66. The molecule has 2 rings (SSSR count). The van der Waals surface area contributed by atoms with Crippen LogP contribution in [-0.2, 0) is 20.7 Å². The van der Waals surface area contributed by atoms with Crippen molar-refractivity contribution in [3.8, 4) is 0 Å². The van der Waals surface area contributed by atoms with Crippen LogP contribution in [0.3, 0.4) is 0 Å². The second-order valence-electron chi connectivity index (χ2n) is 5.11. The second kappa shape index (κ2) is 9.04. The molecule has 1 amide bonds. The molecule has 0 spiro atoms. The fourth-order valence-corrected chi connectivity index (χ4v) is 2.36. The van der Waals surface area contributed by atoms with Gasteiger partial charge in [0.25, 0.3) is 0 Å². The molecule has 6 nitrogen and oxygen atoms in total. The lowest BCUT2D eigenvalue weighted by Gasteiger charge is -2.33. The van der Waals surface area contributed by atoms with Gasteiger partial charge in [-0.25, -0.2) is 9.59 Å². The van der Waals surface area contributed by atoms with Crippen molar-refractivity contribution in [3.05, 3.63) is 35.9 Å². The van der Waals surface area contributed by atoms with Crippen LogP contribution in [0.4, 0.5) is 4.79 Å². The summed E-state index contributed by atoms with van der Waals surface area (Å²) >= 11 is 0. The molecule has 22 heavy (non-hydrogen) atoms. The van der Waals surface area contributed by atoms with Crippen LogP contribution in [0.5, 0.6) is 0 Å². The Hall–Kier alpha value is -2.08. The number of piperazine rings is 1. The van der Waals surface area contributed by atoms with Gasteiger partial charge in [-0.1, -0.05) is 30.3 Å². The molecular formula is C16H21N2O4. The minimum absolute atomic E-state index is 0.256. The second-order valence-corrected chi connectivity index (χ2v) is 5.11. The van der Waals surface area contributed by atoms with Crippen LogP contribution in [0.25, 0.3) is 0 Å². The molecule has 1 heterocycles. The SMILES string of the molecule is O=[C]OCCN1CCN(C(=O)OCCc2ccccc2)CC1. The van der Waals surface area contributed by atoms with Crippen LogP contribution in [0, 0.1) is 0 Å². The van der Waals surface area contributed by atoms with E-state index in [0.717, 1.165) is 25.1 Å². The highest BCUT2D eigenvalue weighted by Crippen LogP contribution is 2.05. The summed E-state index contributed by atoms with van der Waals surface area (Å²) < 4.78 is 9.86. The van der Waals surface area contributed by atoms with E-state index in [2.05, 4.69) is 9.64 Å². The van der Waals surface area contributed by atoms with Crippen molar-refractivity contribution in [1.29, 1.82) is 0 Å². The minimum Gasteiger partial charge on any atom is -0.456 e. The van der Waals surface area contributed by atoms with Crippen LogP contribution in [0.15, 0.2) is 30.3 Å². The summed E-state index contributed by atoms with van der Waals surface area (Å²) in [6.45, 7) is 5.60. The maximum Gasteiger partial charge on any atom is 0.417 e. The largest absolute Gasteiger partial charge is 0.456 e. The van der Waals surface area contributed by atoms with Crippen molar-refractivity contribution in [1.82, 2.24) is 9.80 Å². The van der Waals surface area contributed by atoms with Crippen LogP contribution in [-0.4, -0.2) is 68.3 Å². The molecule has 1 fully saturated rings. The number of hydrogen-bond donors (Lipinski definition) is 0. The first kappa shape index (κ1) is 16.3. The van der Waals surface area contributed by atoms with Crippen molar-refractivity contribution in [3.63, 3.8) is 0 Å². The molecule has 1 aromatic carbocycles. The molecule has 0 unspecified atom stereocenters. The highest BCUT2D eigenvalue weighted by Gasteiger charge is 2.21. The minimum atomic E-state index is -0.256. The van der Waals surface area contributed by atoms with E-state index in [9.17, 15) is 9.59 Å². The number of amides is 1. The van der Waals surface area contributed by atoms with Crippen molar-refractivity contribution < 1.29 is 19.1 Å². The predicted molar refractivity (Wildman–Crippen MR) is 81.2 cm³/mol. The Kier molecular flexibility index (Phi) is 6.70. The molecule has 1 aromatic rings. The van der Waals surface area contributed by atoms with E-state index in [1.54, 1.807) is 4.90 Å². The number of carbonyl (C=O) groups excluding carboxylic acids is 2. The van der Waals surface area contributed by atoms with E-state index < -0.39 is 0 Å². The summed E-state index contributed by atoms with van der Waals surface area (Å²) in [5, 5.41) is 0. The Morgan fingerprint density at radius 1 is 1.09 bits per heavy atom. The number of hydrogen-bond acceptors (Lipinski definition) is 5. The van der Waals surface area contributed by atoms with Crippen LogP contribution >= 0.6 is 0 Å². The molecule has 0 saturated carbocycles.